The van der Waals surface area contributed by atoms with Crippen molar-refractivity contribution in [1.82, 2.24) is 10.2 Å². The van der Waals surface area contributed by atoms with E-state index in [1.54, 1.807) is 0 Å². The number of fused-ring (bicyclic) bond motifs is 1. The molecule has 3 heteroatoms. The van der Waals surface area contributed by atoms with Crippen LogP contribution in [0.25, 0.3) is 0 Å². The van der Waals surface area contributed by atoms with Crippen molar-refractivity contribution >= 4 is 0 Å². The molecule has 0 aromatic heterocycles. The number of rotatable bonds is 5. The topological polar surface area (TPSA) is 24.5 Å². The highest BCUT2D eigenvalue weighted by Crippen LogP contribution is 2.33. The summed E-state index contributed by atoms with van der Waals surface area (Å²) in [7, 11) is 2.24. The van der Waals surface area contributed by atoms with Crippen molar-refractivity contribution in [1.29, 1.82) is 0 Å². The minimum Gasteiger partial charge on any atom is -0.493 e. The zero-order valence-corrected chi connectivity index (χ0v) is 12.7. The van der Waals surface area contributed by atoms with Crippen LogP contribution in [-0.2, 0) is 0 Å². The van der Waals surface area contributed by atoms with Gasteiger partial charge in [0.1, 0.15) is 5.75 Å². The van der Waals surface area contributed by atoms with Crippen LogP contribution in [0.2, 0.25) is 0 Å². The second kappa shape index (κ2) is 6.15. The van der Waals surface area contributed by atoms with E-state index in [9.17, 15) is 0 Å². The molecule has 1 heterocycles. The van der Waals surface area contributed by atoms with Crippen LogP contribution in [0, 0.1) is 6.92 Å². The third-order valence-electron chi connectivity index (χ3n) is 4.53. The van der Waals surface area contributed by atoms with Gasteiger partial charge < -0.3 is 15.0 Å². The number of hydrogen-bond acceptors (Lipinski definition) is 3. The van der Waals surface area contributed by atoms with E-state index < -0.39 is 0 Å². The Kier molecular flexibility index (Phi) is 4.27. The number of likely N-dealkylation sites (N-methyl/N-ethyl adjacent to an activating group) is 1. The lowest BCUT2D eigenvalue weighted by molar-refractivity contribution is 0.306. The first-order chi connectivity index (χ1) is 9.75. The number of benzene rings is 1. The van der Waals surface area contributed by atoms with Gasteiger partial charge in [-0.2, -0.15) is 0 Å². The van der Waals surface area contributed by atoms with Gasteiger partial charge in [0.25, 0.3) is 0 Å². The van der Waals surface area contributed by atoms with Crippen molar-refractivity contribution in [3.63, 3.8) is 0 Å². The van der Waals surface area contributed by atoms with Crippen LogP contribution in [0.5, 0.6) is 5.75 Å². The van der Waals surface area contributed by atoms with E-state index in [1.165, 1.54) is 30.4 Å². The fourth-order valence-corrected chi connectivity index (χ4v) is 3.09. The molecule has 1 atom stereocenters. The summed E-state index contributed by atoms with van der Waals surface area (Å²) in [6.45, 7) is 5.19. The predicted molar refractivity (Wildman–Crippen MR) is 82.3 cm³/mol. The molecule has 0 spiro atoms. The van der Waals surface area contributed by atoms with E-state index in [0.29, 0.717) is 6.04 Å². The van der Waals surface area contributed by atoms with E-state index in [4.69, 9.17) is 4.74 Å². The molecule has 1 saturated carbocycles. The van der Waals surface area contributed by atoms with E-state index >= 15 is 0 Å². The van der Waals surface area contributed by atoms with Gasteiger partial charge >= 0.3 is 0 Å². The van der Waals surface area contributed by atoms with Gasteiger partial charge in [0.05, 0.1) is 6.61 Å². The molecular weight excluding hydrogens is 248 g/mol. The summed E-state index contributed by atoms with van der Waals surface area (Å²) < 4.78 is 5.93. The number of nitrogens with one attached hydrogen (secondary N) is 1. The SMILES string of the molecule is Cc1cccc2c1OCCCC2NCCN(C)C1CC1. The van der Waals surface area contributed by atoms with Gasteiger partial charge in [-0.15, -0.1) is 0 Å². The lowest BCUT2D eigenvalue weighted by Crippen LogP contribution is -2.32. The Hall–Kier alpha value is -1.06. The predicted octanol–water partition coefficient (Wildman–Crippen LogP) is 2.89. The average Bonchev–Trinajstić information content (AvgIpc) is 3.26. The molecule has 3 nitrogen and oxygen atoms in total. The van der Waals surface area contributed by atoms with Crippen molar-refractivity contribution in [2.24, 2.45) is 0 Å². The Morgan fingerprint density at radius 1 is 1.30 bits per heavy atom. The second-order valence-corrected chi connectivity index (χ2v) is 6.20. The Morgan fingerprint density at radius 3 is 2.95 bits per heavy atom. The van der Waals surface area contributed by atoms with Crippen molar-refractivity contribution in [3.05, 3.63) is 29.3 Å². The van der Waals surface area contributed by atoms with Crippen molar-refractivity contribution in [2.75, 3.05) is 26.7 Å². The van der Waals surface area contributed by atoms with Crippen LogP contribution in [-0.4, -0.2) is 37.7 Å². The molecule has 0 bridgehead atoms. The largest absolute Gasteiger partial charge is 0.493 e. The van der Waals surface area contributed by atoms with Gasteiger partial charge in [-0.05, 0) is 45.2 Å². The number of hydrogen-bond donors (Lipinski definition) is 1. The first-order valence-electron chi connectivity index (χ1n) is 7.91. The fourth-order valence-electron chi connectivity index (χ4n) is 3.09. The van der Waals surface area contributed by atoms with Crippen LogP contribution in [0.15, 0.2) is 18.2 Å². The Labute approximate surface area is 122 Å². The van der Waals surface area contributed by atoms with Crippen molar-refractivity contribution in [2.45, 2.75) is 44.7 Å². The van der Waals surface area contributed by atoms with E-state index in [2.05, 4.69) is 42.4 Å². The number of ether oxygens (including phenoxy) is 1. The standard InChI is InChI=1S/C17H26N2O/c1-13-5-3-6-15-16(7-4-12-20-17(13)15)18-10-11-19(2)14-8-9-14/h3,5-6,14,16,18H,4,7-12H2,1-2H3. The summed E-state index contributed by atoms with van der Waals surface area (Å²) in [5.41, 5.74) is 2.60. The average molecular weight is 274 g/mol. The number of nitrogens with zero attached hydrogens (tertiary/aromatic N) is 1. The maximum Gasteiger partial charge on any atom is 0.126 e. The minimum absolute atomic E-state index is 0.444. The second-order valence-electron chi connectivity index (χ2n) is 6.20. The summed E-state index contributed by atoms with van der Waals surface area (Å²) in [4.78, 5) is 2.48. The van der Waals surface area contributed by atoms with Gasteiger partial charge in [0, 0.05) is 30.7 Å². The molecule has 0 radical (unpaired) electrons. The number of para-hydroxylation sites is 1. The van der Waals surface area contributed by atoms with E-state index in [-0.39, 0.29) is 0 Å². The zero-order valence-electron chi connectivity index (χ0n) is 12.7. The van der Waals surface area contributed by atoms with Crippen LogP contribution in [0.4, 0.5) is 0 Å². The third-order valence-corrected chi connectivity index (χ3v) is 4.53. The van der Waals surface area contributed by atoms with E-state index in [0.717, 1.165) is 37.9 Å². The molecule has 1 fully saturated rings. The molecule has 0 saturated heterocycles. The Balaban J connectivity index is 1.62. The summed E-state index contributed by atoms with van der Waals surface area (Å²) in [6, 6.07) is 7.80. The zero-order chi connectivity index (χ0) is 13.9. The maximum atomic E-state index is 5.93. The Morgan fingerprint density at radius 2 is 2.15 bits per heavy atom. The minimum atomic E-state index is 0.444. The normalized spacial score (nSPS) is 22.2. The van der Waals surface area contributed by atoms with Crippen LogP contribution in [0.1, 0.15) is 42.9 Å². The highest BCUT2D eigenvalue weighted by atomic mass is 16.5. The molecular formula is C17H26N2O. The van der Waals surface area contributed by atoms with Crippen molar-refractivity contribution in [3.8, 4) is 5.75 Å². The van der Waals surface area contributed by atoms with E-state index in [1.807, 2.05) is 0 Å². The molecule has 2 aliphatic rings. The fraction of sp³-hybridized carbons (Fsp3) is 0.647. The van der Waals surface area contributed by atoms with Crippen molar-refractivity contribution < 1.29 is 4.74 Å². The first-order valence-corrected chi connectivity index (χ1v) is 7.91. The smallest absolute Gasteiger partial charge is 0.126 e. The van der Waals surface area contributed by atoms with Crippen LogP contribution >= 0.6 is 0 Å². The molecule has 3 rings (SSSR count). The van der Waals surface area contributed by atoms with Crippen LogP contribution in [0.3, 0.4) is 0 Å². The quantitative estimate of drug-likeness (QED) is 0.893. The molecule has 1 unspecified atom stereocenters. The molecule has 1 N–H and O–H groups in total. The summed E-state index contributed by atoms with van der Waals surface area (Å²) >= 11 is 0. The lowest BCUT2D eigenvalue weighted by Gasteiger charge is -2.22. The molecule has 1 aliphatic carbocycles. The van der Waals surface area contributed by atoms with Gasteiger partial charge in [0.15, 0.2) is 0 Å². The molecule has 1 aliphatic heterocycles. The summed E-state index contributed by atoms with van der Waals surface area (Å²) in [6.07, 6.45) is 5.07. The first kappa shape index (κ1) is 13.9. The maximum absolute atomic E-state index is 5.93. The molecule has 1 aromatic carbocycles. The Bertz CT molecular complexity index is 456. The third kappa shape index (κ3) is 3.15. The lowest BCUT2D eigenvalue weighted by atomic mass is 10.00. The molecule has 110 valence electrons. The highest BCUT2D eigenvalue weighted by molar-refractivity contribution is 5.43. The monoisotopic (exact) mass is 274 g/mol. The summed E-state index contributed by atoms with van der Waals surface area (Å²) in [5, 5.41) is 3.74. The van der Waals surface area contributed by atoms with Gasteiger partial charge in [-0.25, -0.2) is 0 Å². The molecule has 1 aromatic rings. The number of aryl methyl sites for hydroxylation is 1. The van der Waals surface area contributed by atoms with Gasteiger partial charge in [0.2, 0.25) is 0 Å². The van der Waals surface area contributed by atoms with Gasteiger partial charge in [-0.1, -0.05) is 18.2 Å². The van der Waals surface area contributed by atoms with Gasteiger partial charge in [-0.3, -0.25) is 0 Å². The summed E-state index contributed by atoms with van der Waals surface area (Å²) in [5.74, 6) is 1.11. The molecule has 0 amide bonds. The molecule has 20 heavy (non-hydrogen) atoms. The highest BCUT2D eigenvalue weighted by Gasteiger charge is 2.26. The van der Waals surface area contributed by atoms with Crippen LogP contribution < -0.4 is 10.1 Å².